The largest absolute Gasteiger partial charge is 0.495 e. The van der Waals surface area contributed by atoms with Gasteiger partial charge in [0.1, 0.15) is 5.75 Å². The second-order valence-electron chi connectivity index (χ2n) is 7.52. The number of aromatic amines is 1. The fourth-order valence-corrected chi connectivity index (χ4v) is 4.16. The zero-order chi connectivity index (χ0) is 19.7. The van der Waals surface area contributed by atoms with Gasteiger partial charge in [-0.05, 0) is 67.8 Å². The van der Waals surface area contributed by atoms with E-state index in [0.717, 1.165) is 42.5 Å². The van der Waals surface area contributed by atoms with Gasteiger partial charge in [-0.1, -0.05) is 42.5 Å². The molecular formula is C25H28N2O. The van der Waals surface area contributed by atoms with E-state index in [1.807, 2.05) is 0 Å². The van der Waals surface area contributed by atoms with Crippen molar-refractivity contribution < 1.29 is 4.74 Å². The van der Waals surface area contributed by atoms with Crippen LogP contribution in [0.4, 0.5) is 0 Å². The summed E-state index contributed by atoms with van der Waals surface area (Å²) in [5.41, 5.74) is 13.3. The maximum absolute atomic E-state index is 5.90. The summed E-state index contributed by atoms with van der Waals surface area (Å²) < 4.78 is 5.90. The predicted molar refractivity (Wildman–Crippen MR) is 119 cm³/mol. The monoisotopic (exact) mass is 372 g/mol. The van der Waals surface area contributed by atoms with Crippen molar-refractivity contribution in [1.82, 2.24) is 4.98 Å². The number of aromatic nitrogens is 1. The van der Waals surface area contributed by atoms with E-state index in [-0.39, 0.29) is 0 Å². The fourth-order valence-electron chi connectivity index (χ4n) is 4.16. The molecule has 3 heteroatoms. The van der Waals surface area contributed by atoms with E-state index >= 15 is 0 Å². The first-order chi connectivity index (χ1) is 13.7. The first kappa shape index (κ1) is 18.6. The Labute approximate surface area is 166 Å². The van der Waals surface area contributed by atoms with Crippen LogP contribution in [0.2, 0.25) is 0 Å². The van der Waals surface area contributed by atoms with Gasteiger partial charge >= 0.3 is 0 Å². The Balaban J connectivity index is 1.98. The van der Waals surface area contributed by atoms with Crippen LogP contribution in [0.25, 0.3) is 32.9 Å². The third-order valence-electron chi connectivity index (χ3n) is 5.85. The van der Waals surface area contributed by atoms with E-state index in [9.17, 15) is 0 Å². The number of nitrogens with one attached hydrogen (secondary N) is 1. The van der Waals surface area contributed by atoms with Crippen molar-refractivity contribution in [3.8, 4) is 17.0 Å². The van der Waals surface area contributed by atoms with Crippen LogP contribution in [0, 0.1) is 13.8 Å². The number of nitrogens with two attached hydrogens (primary N) is 1. The van der Waals surface area contributed by atoms with Crippen LogP contribution in [-0.4, -0.2) is 18.6 Å². The molecule has 0 aliphatic rings. The molecule has 0 saturated carbocycles. The summed E-state index contributed by atoms with van der Waals surface area (Å²) in [7, 11) is 1.76. The summed E-state index contributed by atoms with van der Waals surface area (Å²) in [6.07, 6.45) is 3.12. The summed E-state index contributed by atoms with van der Waals surface area (Å²) in [5, 5.41) is 3.64. The zero-order valence-electron chi connectivity index (χ0n) is 16.9. The molecule has 3 nitrogen and oxygen atoms in total. The molecule has 0 spiro atoms. The topological polar surface area (TPSA) is 51.0 Å². The number of hydrogen-bond donors (Lipinski definition) is 2. The van der Waals surface area contributed by atoms with Crippen molar-refractivity contribution in [2.24, 2.45) is 5.73 Å². The van der Waals surface area contributed by atoms with E-state index in [0.29, 0.717) is 0 Å². The maximum atomic E-state index is 5.90. The van der Waals surface area contributed by atoms with Crippen molar-refractivity contribution in [2.45, 2.75) is 33.1 Å². The lowest BCUT2D eigenvalue weighted by molar-refractivity contribution is 0.421. The van der Waals surface area contributed by atoms with E-state index < -0.39 is 0 Å². The van der Waals surface area contributed by atoms with Crippen molar-refractivity contribution in [1.29, 1.82) is 0 Å². The van der Waals surface area contributed by atoms with Crippen LogP contribution in [0.5, 0.6) is 5.75 Å². The highest BCUT2D eigenvalue weighted by Gasteiger charge is 2.19. The molecule has 1 heterocycles. The molecule has 0 aliphatic carbocycles. The Bertz CT molecular complexity index is 1140. The molecule has 3 aromatic carbocycles. The minimum absolute atomic E-state index is 0.731. The summed E-state index contributed by atoms with van der Waals surface area (Å²) in [4.78, 5) is 3.74. The Morgan fingerprint density at radius 1 is 0.929 bits per heavy atom. The highest BCUT2D eigenvalue weighted by atomic mass is 16.5. The van der Waals surface area contributed by atoms with Crippen LogP contribution in [0.1, 0.15) is 29.5 Å². The second kappa shape index (κ2) is 7.69. The molecule has 4 rings (SSSR count). The molecule has 144 valence electrons. The van der Waals surface area contributed by atoms with Gasteiger partial charge in [0, 0.05) is 21.9 Å². The average Bonchev–Trinajstić information content (AvgIpc) is 3.09. The lowest BCUT2D eigenvalue weighted by Gasteiger charge is -2.13. The summed E-state index contributed by atoms with van der Waals surface area (Å²) in [6, 6.07) is 17.2. The van der Waals surface area contributed by atoms with E-state index in [1.165, 1.54) is 38.7 Å². The van der Waals surface area contributed by atoms with E-state index in [4.69, 9.17) is 10.5 Å². The minimum Gasteiger partial charge on any atom is -0.495 e. The average molecular weight is 373 g/mol. The molecule has 1 aromatic heterocycles. The standard InChI is InChI=1S/C25H28N2O/c1-16-11-13-21-20(10-6-7-15-26)24(27-23(21)17(16)2)22-14-12-18-8-4-5-9-19(18)25(22)28-3/h4-5,8-9,11-14,27H,6-7,10,15,26H2,1-3H3. The predicted octanol–water partition coefficient (Wildman–Crippen LogP) is 5.89. The quantitative estimate of drug-likeness (QED) is 0.414. The lowest BCUT2D eigenvalue weighted by Crippen LogP contribution is -1.99. The Morgan fingerprint density at radius 3 is 2.54 bits per heavy atom. The van der Waals surface area contributed by atoms with Crippen molar-refractivity contribution in [3.63, 3.8) is 0 Å². The number of ether oxygens (including phenoxy) is 1. The van der Waals surface area contributed by atoms with Crippen LogP contribution in [0.3, 0.4) is 0 Å². The first-order valence-electron chi connectivity index (χ1n) is 10.0. The number of methoxy groups -OCH3 is 1. The smallest absolute Gasteiger partial charge is 0.136 e. The molecule has 0 radical (unpaired) electrons. The molecule has 0 saturated heterocycles. The molecule has 0 fully saturated rings. The van der Waals surface area contributed by atoms with Gasteiger partial charge in [-0.2, -0.15) is 0 Å². The molecule has 0 unspecified atom stereocenters. The third-order valence-corrected chi connectivity index (χ3v) is 5.85. The van der Waals surface area contributed by atoms with E-state index in [2.05, 4.69) is 67.4 Å². The van der Waals surface area contributed by atoms with E-state index in [1.54, 1.807) is 7.11 Å². The van der Waals surface area contributed by atoms with Crippen molar-refractivity contribution in [3.05, 3.63) is 65.2 Å². The second-order valence-corrected chi connectivity index (χ2v) is 7.52. The molecule has 0 atom stereocenters. The minimum atomic E-state index is 0.731. The number of rotatable bonds is 6. The number of unbranched alkanes of at least 4 members (excludes halogenated alkanes) is 1. The molecular weight excluding hydrogens is 344 g/mol. The fraction of sp³-hybridized carbons (Fsp3) is 0.280. The lowest BCUT2D eigenvalue weighted by atomic mass is 9.96. The summed E-state index contributed by atoms with van der Waals surface area (Å²) in [6.45, 7) is 5.09. The van der Waals surface area contributed by atoms with Gasteiger partial charge < -0.3 is 15.5 Å². The number of aryl methyl sites for hydroxylation is 3. The van der Waals surface area contributed by atoms with Gasteiger partial charge in [-0.15, -0.1) is 0 Å². The van der Waals surface area contributed by atoms with Gasteiger partial charge in [-0.3, -0.25) is 0 Å². The molecule has 0 aliphatic heterocycles. The third kappa shape index (κ3) is 3.06. The van der Waals surface area contributed by atoms with Gasteiger partial charge in [0.05, 0.1) is 12.8 Å². The van der Waals surface area contributed by atoms with Crippen LogP contribution in [0.15, 0.2) is 48.5 Å². The van der Waals surface area contributed by atoms with Gasteiger partial charge in [0.25, 0.3) is 0 Å². The first-order valence-corrected chi connectivity index (χ1v) is 10.0. The number of fused-ring (bicyclic) bond motifs is 2. The van der Waals surface area contributed by atoms with Crippen molar-refractivity contribution >= 4 is 21.7 Å². The summed E-state index contributed by atoms with van der Waals surface area (Å²) >= 11 is 0. The van der Waals surface area contributed by atoms with Crippen LogP contribution >= 0.6 is 0 Å². The van der Waals surface area contributed by atoms with Crippen LogP contribution < -0.4 is 10.5 Å². The number of H-pyrrole nitrogens is 1. The van der Waals surface area contributed by atoms with Gasteiger partial charge in [0.2, 0.25) is 0 Å². The van der Waals surface area contributed by atoms with Crippen molar-refractivity contribution in [2.75, 3.05) is 13.7 Å². The number of benzene rings is 3. The molecule has 0 amide bonds. The molecule has 3 N–H and O–H groups in total. The number of hydrogen-bond acceptors (Lipinski definition) is 2. The Morgan fingerprint density at radius 2 is 1.75 bits per heavy atom. The molecule has 4 aromatic rings. The normalized spacial score (nSPS) is 11.4. The SMILES string of the molecule is COc1c(-c2[nH]c3c(C)c(C)ccc3c2CCCCN)ccc2ccccc12. The van der Waals surface area contributed by atoms with Gasteiger partial charge in [0.15, 0.2) is 0 Å². The zero-order valence-corrected chi connectivity index (χ0v) is 16.9. The molecule has 28 heavy (non-hydrogen) atoms. The highest BCUT2D eigenvalue weighted by molar-refractivity contribution is 5.99. The maximum Gasteiger partial charge on any atom is 0.136 e. The van der Waals surface area contributed by atoms with Gasteiger partial charge in [-0.25, -0.2) is 0 Å². The Hall–Kier alpha value is -2.78. The summed E-state index contributed by atoms with van der Waals surface area (Å²) in [5.74, 6) is 0.930. The highest BCUT2D eigenvalue weighted by Crippen LogP contribution is 2.41. The Kier molecular flexibility index (Phi) is 5.10. The van der Waals surface area contributed by atoms with Crippen LogP contribution in [-0.2, 0) is 6.42 Å². The molecule has 0 bridgehead atoms.